The average Bonchev–Trinajstić information content (AvgIpc) is 3.06. The van der Waals surface area contributed by atoms with Crippen LogP contribution in [-0.2, 0) is 6.54 Å². The second-order valence-electron chi connectivity index (χ2n) is 7.00. The van der Waals surface area contributed by atoms with E-state index >= 15 is 0 Å². The quantitative estimate of drug-likeness (QED) is 0.768. The largest absolute Gasteiger partial charge is 0.361 e. The third-order valence-electron chi connectivity index (χ3n) is 5.26. The minimum Gasteiger partial charge on any atom is -0.361 e. The molecular formula is C20H24N4O. The van der Waals surface area contributed by atoms with E-state index in [1.54, 1.807) is 16.8 Å². The molecule has 1 fully saturated rings. The van der Waals surface area contributed by atoms with Crippen LogP contribution in [0.4, 0.5) is 0 Å². The van der Waals surface area contributed by atoms with Gasteiger partial charge in [-0.05, 0) is 50.3 Å². The van der Waals surface area contributed by atoms with Gasteiger partial charge in [0.05, 0.1) is 11.7 Å². The zero-order valence-corrected chi connectivity index (χ0v) is 14.5. The molecule has 0 spiro atoms. The maximum absolute atomic E-state index is 12.0. The number of para-hydroxylation sites is 1. The van der Waals surface area contributed by atoms with Gasteiger partial charge < -0.3 is 10.3 Å². The molecule has 3 aromatic rings. The van der Waals surface area contributed by atoms with Crippen LogP contribution in [0.2, 0.25) is 0 Å². The maximum atomic E-state index is 12.0. The maximum Gasteiger partial charge on any atom is 0.267 e. The second kappa shape index (κ2) is 6.84. The second-order valence-corrected chi connectivity index (χ2v) is 7.00. The van der Waals surface area contributed by atoms with Crippen molar-refractivity contribution in [2.24, 2.45) is 0 Å². The van der Waals surface area contributed by atoms with Crippen LogP contribution in [0.3, 0.4) is 0 Å². The lowest BCUT2D eigenvalue weighted by molar-refractivity contribution is 0.268. The zero-order valence-electron chi connectivity index (χ0n) is 14.5. The van der Waals surface area contributed by atoms with Crippen molar-refractivity contribution in [2.75, 3.05) is 0 Å². The van der Waals surface area contributed by atoms with E-state index in [0.29, 0.717) is 6.04 Å². The Morgan fingerprint density at radius 2 is 1.96 bits per heavy atom. The predicted molar refractivity (Wildman–Crippen MR) is 99.7 cm³/mol. The Morgan fingerprint density at radius 1 is 1.16 bits per heavy atom. The number of nitrogens with one attached hydrogen (secondary N) is 2. The van der Waals surface area contributed by atoms with Crippen LogP contribution in [0.1, 0.15) is 43.0 Å². The number of hydrogen-bond donors (Lipinski definition) is 2. The summed E-state index contributed by atoms with van der Waals surface area (Å²) >= 11 is 0. The van der Waals surface area contributed by atoms with E-state index < -0.39 is 0 Å². The number of nitrogens with zero attached hydrogens (tertiary/aromatic N) is 2. The Kier molecular flexibility index (Phi) is 4.40. The van der Waals surface area contributed by atoms with Crippen molar-refractivity contribution in [3.8, 4) is 0 Å². The number of rotatable bonds is 4. The third kappa shape index (κ3) is 3.37. The number of hydrogen-bond acceptors (Lipinski definition) is 3. The van der Waals surface area contributed by atoms with Gasteiger partial charge >= 0.3 is 0 Å². The number of aromatic nitrogens is 3. The Balaban J connectivity index is 1.36. The van der Waals surface area contributed by atoms with Gasteiger partial charge in [-0.3, -0.25) is 4.79 Å². The van der Waals surface area contributed by atoms with Crippen molar-refractivity contribution in [3.05, 3.63) is 64.2 Å². The lowest BCUT2D eigenvalue weighted by atomic mass is 9.91. The van der Waals surface area contributed by atoms with E-state index in [-0.39, 0.29) is 11.6 Å². The molecule has 5 heteroatoms. The first kappa shape index (κ1) is 16.1. The highest BCUT2D eigenvalue weighted by atomic mass is 16.1. The number of fused-ring (bicyclic) bond motifs is 1. The van der Waals surface area contributed by atoms with Crippen LogP contribution in [-0.4, -0.2) is 20.8 Å². The first-order valence-electron chi connectivity index (χ1n) is 9.05. The Labute approximate surface area is 147 Å². The molecule has 25 heavy (non-hydrogen) atoms. The van der Waals surface area contributed by atoms with Crippen LogP contribution in [0.5, 0.6) is 0 Å². The van der Waals surface area contributed by atoms with Gasteiger partial charge in [0.2, 0.25) is 0 Å². The summed E-state index contributed by atoms with van der Waals surface area (Å²) in [5.41, 5.74) is 3.42. The van der Waals surface area contributed by atoms with E-state index in [9.17, 15) is 4.79 Å². The highest BCUT2D eigenvalue weighted by Gasteiger charge is 2.23. The molecule has 2 aromatic heterocycles. The van der Waals surface area contributed by atoms with Gasteiger partial charge in [0.25, 0.3) is 5.56 Å². The molecule has 0 radical (unpaired) electrons. The number of benzene rings is 1. The van der Waals surface area contributed by atoms with Gasteiger partial charge in [-0.1, -0.05) is 18.2 Å². The van der Waals surface area contributed by atoms with E-state index in [0.717, 1.165) is 37.9 Å². The summed E-state index contributed by atoms with van der Waals surface area (Å²) in [5.74, 6) is 0. The molecule has 1 saturated carbocycles. The predicted octanol–water partition coefficient (Wildman–Crippen LogP) is 3.31. The Hall–Kier alpha value is -2.40. The van der Waals surface area contributed by atoms with E-state index in [2.05, 4.69) is 45.9 Å². The smallest absolute Gasteiger partial charge is 0.267 e. The molecule has 0 unspecified atom stereocenters. The fourth-order valence-electron chi connectivity index (χ4n) is 3.84. The Morgan fingerprint density at radius 3 is 2.80 bits per heavy atom. The topological polar surface area (TPSA) is 62.7 Å². The van der Waals surface area contributed by atoms with Gasteiger partial charge in [0, 0.05) is 35.8 Å². The molecule has 5 nitrogen and oxygen atoms in total. The van der Waals surface area contributed by atoms with E-state index in [4.69, 9.17) is 0 Å². The Bertz CT molecular complexity index is 919. The minimum absolute atomic E-state index is 0.0146. The van der Waals surface area contributed by atoms with Crippen molar-refractivity contribution in [2.45, 2.75) is 51.2 Å². The molecule has 1 aliphatic rings. The summed E-state index contributed by atoms with van der Waals surface area (Å²) in [6, 6.07) is 12.6. The van der Waals surface area contributed by atoms with Crippen LogP contribution in [0.25, 0.3) is 10.9 Å². The fraction of sp³-hybridized carbons (Fsp3) is 0.400. The first-order chi connectivity index (χ1) is 12.2. The lowest BCUT2D eigenvalue weighted by Gasteiger charge is -2.29. The van der Waals surface area contributed by atoms with Crippen molar-refractivity contribution < 1.29 is 0 Å². The zero-order chi connectivity index (χ0) is 17.2. The summed E-state index contributed by atoms with van der Waals surface area (Å²) < 4.78 is 1.69. The summed E-state index contributed by atoms with van der Waals surface area (Å²) in [5, 5.41) is 9.40. The molecule has 1 aliphatic carbocycles. The van der Waals surface area contributed by atoms with Crippen molar-refractivity contribution in [3.63, 3.8) is 0 Å². The van der Waals surface area contributed by atoms with Crippen LogP contribution in [0, 0.1) is 6.92 Å². The SMILES string of the molecule is Cc1ccc(=O)n(C2CCC(NCc3c[nH]c4ccccc34)CC2)n1. The van der Waals surface area contributed by atoms with Gasteiger partial charge in [-0.2, -0.15) is 5.10 Å². The first-order valence-corrected chi connectivity index (χ1v) is 9.05. The molecule has 130 valence electrons. The van der Waals surface area contributed by atoms with Crippen molar-refractivity contribution in [1.29, 1.82) is 0 Å². The summed E-state index contributed by atoms with van der Waals surface area (Å²) in [6.45, 7) is 2.81. The summed E-state index contributed by atoms with van der Waals surface area (Å²) in [4.78, 5) is 15.4. The van der Waals surface area contributed by atoms with Gasteiger partial charge in [-0.25, -0.2) is 4.68 Å². The van der Waals surface area contributed by atoms with Gasteiger partial charge in [0.1, 0.15) is 0 Å². The molecule has 0 atom stereocenters. The molecule has 0 saturated heterocycles. The van der Waals surface area contributed by atoms with Crippen LogP contribution < -0.4 is 10.9 Å². The summed E-state index contributed by atoms with van der Waals surface area (Å²) in [7, 11) is 0. The molecule has 4 rings (SSSR count). The van der Waals surface area contributed by atoms with Gasteiger partial charge in [-0.15, -0.1) is 0 Å². The van der Waals surface area contributed by atoms with Gasteiger partial charge in [0.15, 0.2) is 0 Å². The monoisotopic (exact) mass is 336 g/mol. The molecule has 2 N–H and O–H groups in total. The highest BCUT2D eigenvalue weighted by Crippen LogP contribution is 2.27. The van der Waals surface area contributed by atoms with Crippen LogP contribution in [0.15, 0.2) is 47.4 Å². The normalized spacial score (nSPS) is 20.8. The average molecular weight is 336 g/mol. The molecular weight excluding hydrogens is 312 g/mol. The minimum atomic E-state index is 0.0146. The van der Waals surface area contributed by atoms with E-state index in [1.807, 2.05) is 6.92 Å². The van der Waals surface area contributed by atoms with E-state index in [1.165, 1.54) is 16.5 Å². The van der Waals surface area contributed by atoms with Crippen molar-refractivity contribution in [1.82, 2.24) is 20.1 Å². The lowest BCUT2D eigenvalue weighted by Crippen LogP contribution is -2.36. The summed E-state index contributed by atoms with van der Waals surface area (Å²) in [6.07, 6.45) is 6.26. The highest BCUT2D eigenvalue weighted by molar-refractivity contribution is 5.82. The third-order valence-corrected chi connectivity index (χ3v) is 5.26. The van der Waals surface area contributed by atoms with Crippen LogP contribution >= 0.6 is 0 Å². The number of aryl methyl sites for hydroxylation is 1. The molecule has 0 bridgehead atoms. The van der Waals surface area contributed by atoms with Crippen molar-refractivity contribution >= 4 is 10.9 Å². The molecule has 1 aromatic carbocycles. The fourth-order valence-corrected chi connectivity index (χ4v) is 3.84. The standard InChI is InChI=1S/C20H24N4O/c1-14-6-11-20(25)24(23-14)17-9-7-16(8-10-17)21-12-15-13-22-19-5-3-2-4-18(15)19/h2-6,11,13,16-17,21-22H,7-10,12H2,1H3. The molecule has 2 heterocycles. The molecule has 0 amide bonds. The number of aromatic amines is 1. The number of H-pyrrole nitrogens is 1. The molecule has 0 aliphatic heterocycles.